The Bertz CT molecular complexity index is 870. The minimum Gasteiger partial charge on any atom is -0.359 e. The quantitative estimate of drug-likeness (QED) is 0.670. The fraction of sp³-hybridized carbons (Fsp3) is 0.118. The molecule has 2 heterocycles. The molecule has 0 unspecified atom stereocenters. The van der Waals surface area contributed by atoms with Crippen molar-refractivity contribution in [2.45, 2.75) is 13.1 Å². The molecule has 0 saturated heterocycles. The van der Waals surface area contributed by atoms with Crippen LogP contribution in [0.5, 0.6) is 0 Å². The van der Waals surface area contributed by atoms with Gasteiger partial charge >= 0.3 is 0 Å². The van der Waals surface area contributed by atoms with Gasteiger partial charge in [0, 0.05) is 11.3 Å². The highest BCUT2D eigenvalue weighted by atomic mass is 35.5. The van der Waals surface area contributed by atoms with Crippen molar-refractivity contribution in [3.05, 3.63) is 69.8 Å². The van der Waals surface area contributed by atoms with Crippen LogP contribution in [0, 0.1) is 6.92 Å². The molecule has 1 atom stereocenters. The van der Waals surface area contributed by atoms with Crippen LogP contribution in [0.2, 0.25) is 10.0 Å². The standard InChI is InChI=1S/C17H13Cl2N3/c1-10-8-16-12-4-2-3-5-15(12)20-17(22(16)21-10)11-6-7-13(18)14(19)9-11/h2-9,17,20H,1H3/t17-/m0/s1. The summed E-state index contributed by atoms with van der Waals surface area (Å²) in [6.45, 7) is 2.00. The Balaban J connectivity index is 1.90. The van der Waals surface area contributed by atoms with E-state index in [9.17, 15) is 0 Å². The number of aryl methyl sites for hydroxylation is 1. The van der Waals surface area contributed by atoms with Crippen LogP contribution in [0.1, 0.15) is 17.4 Å². The van der Waals surface area contributed by atoms with E-state index in [1.165, 1.54) is 0 Å². The normalized spacial score (nSPS) is 15.9. The summed E-state index contributed by atoms with van der Waals surface area (Å²) >= 11 is 12.2. The third-order valence-corrected chi connectivity index (χ3v) is 4.60. The predicted molar refractivity (Wildman–Crippen MR) is 90.6 cm³/mol. The Morgan fingerprint density at radius 1 is 1.05 bits per heavy atom. The molecule has 1 aliphatic heterocycles. The first-order valence-corrected chi connectivity index (χ1v) is 7.76. The van der Waals surface area contributed by atoms with E-state index in [2.05, 4.69) is 28.6 Å². The summed E-state index contributed by atoms with van der Waals surface area (Å²) in [4.78, 5) is 0. The maximum absolute atomic E-state index is 6.18. The lowest BCUT2D eigenvalue weighted by atomic mass is 10.0. The highest BCUT2D eigenvalue weighted by molar-refractivity contribution is 6.42. The van der Waals surface area contributed by atoms with Crippen molar-refractivity contribution in [1.82, 2.24) is 9.78 Å². The number of aromatic nitrogens is 2. The van der Waals surface area contributed by atoms with Crippen molar-refractivity contribution in [2.24, 2.45) is 0 Å². The van der Waals surface area contributed by atoms with Gasteiger partial charge in [-0.05, 0) is 36.8 Å². The number of halogens is 2. The molecule has 0 amide bonds. The van der Waals surface area contributed by atoms with E-state index in [-0.39, 0.29) is 6.17 Å². The van der Waals surface area contributed by atoms with E-state index in [1.807, 2.05) is 41.9 Å². The zero-order valence-electron chi connectivity index (χ0n) is 11.8. The number of nitrogens with zero attached hydrogens (tertiary/aromatic N) is 2. The minimum atomic E-state index is -0.103. The minimum absolute atomic E-state index is 0.103. The first kappa shape index (κ1) is 13.7. The zero-order chi connectivity index (χ0) is 15.3. The molecule has 0 bridgehead atoms. The highest BCUT2D eigenvalue weighted by Crippen LogP contribution is 2.39. The molecule has 4 rings (SSSR count). The molecule has 1 N–H and O–H groups in total. The Kier molecular flexibility index (Phi) is 3.13. The number of fused-ring (bicyclic) bond motifs is 3. The molecule has 0 fully saturated rings. The second-order valence-corrected chi connectivity index (χ2v) is 6.20. The second kappa shape index (κ2) is 5.04. The average molecular weight is 330 g/mol. The first-order chi connectivity index (χ1) is 10.6. The lowest BCUT2D eigenvalue weighted by molar-refractivity contribution is 0.571. The van der Waals surface area contributed by atoms with Gasteiger partial charge in [-0.2, -0.15) is 5.10 Å². The molecular formula is C17H13Cl2N3. The molecule has 110 valence electrons. The lowest BCUT2D eigenvalue weighted by Crippen LogP contribution is -2.25. The van der Waals surface area contributed by atoms with Gasteiger partial charge in [0.1, 0.15) is 6.17 Å². The number of para-hydroxylation sites is 1. The maximum atomic E-state index is 6.18. The van der Waals surface area contributed by atoms with Gasteiger partial charge in [-0.1, -0.05) is 47.5 Å². The predicted octanol–water partition coefficient (Wildman–Crippen LogP) is 5.14. The molecular weight excluding hydrogens is 317 g/mol. The van der Waals surface area contributed by atoms with Crippen LogP contribution >= 0.6 is 23.2 Å². The van der Waals surface area contributed by atoms with Crippen LogP contribution in [0.4, 0.5) is 5.69 Å². The zero-order valence-corrected chi connectivity index (χ0v) is 13.4. The van der Waals surface area contributed by atoms with Crippen molar-refractivity contribution in [2.75, 3.05) is 5.32 Å². The molecule has 3 aromatic rings. The fourth-order valence-electron chi connectivity index (χ4n) is 2.86. The Hall–Kier alpha value is -1.97. The summed E-state index contributed by atoms with van der Waals surface area (Å²) < 4.78 is 2.00. The Labute approximate surface area is 138 Å². The summed E-state index contributed by atoms with van der Waals surface area (Å²) in [5, 5.41) is 9.27. The largest absolute Gasteiger partial charge is 0.359 e. The van der Waals surface area contributed by atoms with E-state index >= 15 is 0 Å². The number of anilines is 1. The molecule has 0 saturated carbocycles. The van der Waals surface area contributed by atoms with Crippen molar-refractivity contribution in [1.29, 1.82) is 0 Å². The molecule has 0 radical (unpaired) electrons. The molecule has 1 aliphatic rings. The summed E-state index contributed by atoms with van der Waals surface area (Å²) in [5.41, 5.74) is 5.35. The number of hydrogen-bond acceptors (Lipinski definition) is 2. The molecule has 2 aromatic carbocycles. The lowest BCUT2D eigenvalue weighted by Gasteiger charge is -2.29. The van der Waals surface area contributed by atoms with Gasteiger partial charge in [0.25, 0.3) is 0 Å². The van der Waals surface area contributed by atoms with Gasteiger partial charge < -0.3 is 5.32 Å². The summed E-state index contributed by atoms with van der Waals surface area (Å²) in [5.74, 6) is 0. The van der Waals surface area contributed by atoms with Crippen LogP contribution in [-0.4, -0.2) is 9.78 Å². The molecule has 5 heteroatoms. The van der Waals surface area contributed by atoms with E-state index in [4.69, 9.17) is 23.2 Å². The van der Waals surface area contributed by atoms with Gasteiger partial charge in [-0.25, -0.2) is 4.68 Å². The van der Waals surface area contributed by atoms with Gasteiger partial charge in [0.15, 0.2) is 0 Å². The topological polar surface area (TPSA) is 29.9 Å². The summed E-state index contributed by atoms with van der Waals surface area (Å²) in [6.07, 6.45) is -0.103. The molecule has 0 spiro atoms. The maximum Gasteiger partial charge on any atom is 0.147 e. The Morgan fingerprint density at radius 2 is 1.86 bits per heavy atom. The van der Waals surface area contributed by atoms with Crippen molar-refractivity contribution < 1.29 is 0 Å². The molecule has 22 heavy (non-hydrogen) atoms. The van der Waals surface area contributed by atoms with Gasteiger partial charge in [-0.3, -0.25) is 0 Å². The van der Waals surface area contributed by atoms with E-state index < -0.39 is 0 Å². The van der Waals surface area contributed by atoms with Crippen molar-refractivity contribution in [3.8, 4) is 11.3 Å². The first-order valence-electron chi connectivity index (χ1n) is 7.00. The number of nitrogens with one attached hydrogen (secondary N) is 1. The third kappa shape index (κ3) is 2.09. The van der Waals surface area contributed by atoms with Crippen molar-refractivity contribution >= 4 is 28.9 Å². The monoisotopic (exact) mass is 329 g/mol. The third-order valence-electron chi connectivity index (χ3n) is 3.86. The Morgan fingerprint density at radius 3 is 2.68 bits per heavy atom. The number of hydrogen-bond donors (Lipinski definition) is 1. The average Bonchev–Trinajstić information content (AvgIpc) is 2.91. The van der Waals surface area contributed by atoms with Crippen LogP contribution in [0.3, 0.4) is 0 Å². The van der Waals surface area contributed by atoms with Crippen LogP contribution in [0.25, 0.3) is 11.3 Å². The second-order valence-electron chi connectivity index (χ2n) is 5.38. The molecule has 1 aromatic heterocycles. The van der Waals surface area contributed by atoms with E-state index in [1.54, 1.807) is 0 Å². The highest BCUT2D eigenvalue weighted by Gasteiger charge is 2.26. The van der Waals surface area contributed by atoms with Crippen LogP contribution in [-0.2, 0) is 0 Å². The SMILES string of the molecule is Cc1cc2n(n1)[C@@H](c1ccc(Cl)c(Cl)c1)Nc1ccccc1-2. The fourth-order valence-corrected chi connectivity index (χ4v) is 3.17. The summed E-state index contributed by atoms with van der Waals surface area (Å²) in [6, 6.07) is 16.0. The summed E-state index contributed by atoms with van der Waals surface area (Å²) in [7, 11) is 0. The van der Waals surface area contributed by atoms with Crippen molar-refractivity contribution in [3.63, 3.8) is 0 Å². The number of benzene rings is 2. The number of rotatable bonds is 1. The van der Waals surface area contributed by atoms with Gasteiger partial charge in [0.05, 0.1) is 21.4 Å². The molecule has 3 nitrogen and oxygen atoms in total. The van der Waals surface area contributed by atoms with Gasteiger partial charge in [0.2, 0.25) is 0 Å². The van der Waals surface area contributed by atoms with E-state index in [0.717, 1.165) is 28.2 Å². The molecule has 0 aliphatic carbocycles. The van der Waals surface area contributed by atoms with Crippen LogP contribution < -0.4 is 5.32 Å². The smallest absolute Gasteiger partial charge is 0.147 e. The van der Waals surface area contributed by atoms with Gasteiger partial charge in [-0.15, -0.1) is 0 Å². The van der Waals surface area contributed by atoms with Crippen LogP contribution in [0.15, 0.2) is 48.5 Å². The van der Waals surface area contributed by atoms with E-state index in [0.29, 0.717) is 10.0 Å².